The fourth-order valence-electron chi connectivity index (χ4n) is 5.11. The maximum absolute atomic E-state index is 11.2. The number of allylic oxidation sites excluding steroid dienone is 3. The van der Waals surface area contributed by atoms with Crippen LogP contribution in [0.4, 0.5) is 5.69 Å². The molecule has 5 rings (SSSR count). The lowest BCUT2D eigenvalue weighted by Crippen LogP contribution is -2.36. The molecule has 2 heterocycles. The van der Waals surface area contributed by atoms with Gasteiger partial charge in [-0.25, -0.2) is 8.42 Å². The molecule has 0 unspecified atom stereocenters. The third-order valence-electron chi connectivity index (χ3n) is 6.83. The van der Waals surface area contributed by atoms with E-state index in [1.165, 1.54) is 27.7 Å². The topological polar surface area (TPSA) is 64.3 Å². The molecule has 0 radical (unpaired) electrons. The van der Waals surface area contributed by atoms with E-state index >= 15 is 0 Å². The maximum Gasteiger partial charge on any atom is 0.262 e. The molecule has 1 aliphatic heterocycles. The van der Waals surface area contributed by atoms with Crippen molar-refractivity contribution in [1.29, 1.82) is 0 Å². The smallest absolute Gasteiger partial charge is 0.262 e. The second-order valence-corrected chi connectivity index (χ2v) is 12.0. The molecular weight excluding hydrogens is 476 g/mol. The second kappa shape index (κ2) is 8.90. The van der Waals surface area contributed by atoms with Crippen molar-refractivity contribution in [3.63, 3.8) is 0 Å². The molecule has 7 heteroatoms. The van der Waals surface area contributed by atoms with Crippen LogP contribution in [0, 0.1) is 0 Å². The molecule has 0 fully saturated rings. The standard InChI is InChI=1S/C28H28N2O3S2/c1-28(2)22-12-6-7-13-23(22)29(3)25(28)14-8-15-26-30(18-9-19-35(31,32)33)24-17-16-20-10-4-5-11-21(20)27(24)34-26/h4-8,10-17H,9,18-19H2,1-3H3. The molecular formula is C28H28N2O3S2. The molecule has 0 atom stereocenters. The number of likely N-dealkylation sites (N-methyl/N-ethyl adjacent to an activating group) is 1. The first-order valence-corrected chi connectivity index (χ1v) is 14.1. The number of hydrogen-bond acceptors (Lipinski definition) is 5. The van der Waals surface area contributed by atoms with Crippen LogP contribution >= 0.6 is 11.3 Å². The van der Waals surface area contributed by atoms with E-state index in [1.54, 1.807) is 11.3 Å². The molecule has 0 N–H and O–H groups in total. The van der Waals surface area contributed by atoms with Crippen molar-refractivity contribution in [3.8, 4) is 0 Å². The van der Waals surface area contributed by atoms with Gasteiger partial charge >= 0.3 is 0 Å². The number of aryl methyl sites for hydroxylation is 1. The Labute approximate surface area is 210 Å². The summed E-state index contributed by atoms with van der Waals surface area (Å²) in [5.74, 6) is -0.366. The Morgan fingerprint density at radius 3 is 2.57 bits per heavy atom. The van der Waals surface area contributed by atoms with Crippen LogP contribution in [0.2, 0.25) is 0 Å². The molecule has 1 aromatic heterocycles. The molecule has 3 aromatic carbocycles. The summed E-state index contributed by atoms with van der Waals surface area (Å²) in [6.45, 7) is 4.95. The zero-order valence-electron chi connectivity index (χ0n) is 20.1. The fourth-order valence-corrected chi connectivity index (χ4v) is 6.82. The number of hydrogen-bond donors (Lipinski definition) is 0. The van der Waals surface area contributed by atoms with Crippen molar-refractivity contribution in [2.45, 2.75) is 32.2 Å². The van der Waals surface area contributed by atoms with Crippen molar-refractivity contribution < 1.29 is 17.5 Å². The highest BCUT2D eigenvalue weighted by atomic mass is 32.2. The molecule has 5 nitrogen and oxygen atoms in total. The first kappa shape index (κ1) is 23.7. The molecule has 0 aliphatic carbocycles. The van der Waals surface area contributed by atoms with E-state index in [0.717, 1.165) is 15.2 Å². The summed E-state index contributed by atoms with van der Waals surface area (Å²) < 4.78 is 36.9. The third kappa shape index (κ3) is 4.40. The van der Waals surface area contributed by atoms with Crippen LogP contribution in [-0.2, 0) is 22.1 Å². The number of fused-ring (bicyclic) bond motifs is 4. The van der Waals surface area contributed by atoms with Gasteiger partial charge in [-0.05, 0) is 29.2 Å². The van der Waals surface area contributed by atoms with Crippen LogP contribution < -0.4 is 9.47 Å². The minimum Gasteiger partial charge on any atom is -0.748 e. The molecule has 0 saturated heterocycles. The SMILES string of the molecule is CN1C(=CC=Cc2sc3c4ccccc4ccc3[n+]2CCCS(=O)(=O)[O-])C(C)(C)c2ccccc21. The number of nitrogens with zero attached hydrogens (tertiary/aromatic N) is 2. The molecule has 35 heavy (non-hydrogen) atoms. The van der Waals surface area contributed by atoms with Crippen LogP contribution in [-0.4, -0.2) is 25.8 Å². The van der Waals surface area contributed by atoms with Crippen molar-refractivity contribution in [3.05, 3.63) is 89.1 Å². The number of thiazole rings is 1. The number of rotatable bonds is 6. The zero-order chi connectivity index (χ0) is 24.8. The van der Waals surface area contributed by atoms with E-state index in [4.69, 9.17) is 0 Å². The summed E-state index contributed by atoms with van der Waals surface area (Å²) in [5, 5.41) is 3.36. The van der Waals surface area contributed by atoms with E-state index in [-0.39, 0.29) is 17.6 Å². The lowest BCUT2D eigenvalue weighted by Gasteiger charge is -2.23. The Balaban J connectivity index is 1.55. The lowest BCUT2D eigenvalue weighted by atomic mass is 9.84. The van der Waals surface area contributed by atoms with E-state index < -0.39 is 10.1 Å². The van der Waals surface area contributed by atoms with Gasteiger partial charge in [-0.15, -0.1) is 0 Å². The van der Waals surface area contributed by atoms with Crippen LogP contribution in [0.3, 0.4) is 0 Å². The van der Waals surface area contributed by atoms with Crippen molar-refractivity contribution >= 4 is 54.2 Å². The van der Waals surface area contributed by atoms with E-state index in [9.17, 15) is 13.0 Å². The largest absolute Gasteiger partial charge is 0.748 e. The van der Waals surface area contributed by atoms with Gasteiger partial charge < -0.3 is 9.45 Å². The van der Waals surface area contributed by atoms with E-state index in [0.29, 0.717) is 6.54 Å². The first-order chi connectivity index (χ1) is 16.7. The van der Waals surface area contributed by atoms with E-state index in [1.807, 2.05) is 12.1 Å². The predicted molar refractivity (Wildman–Crippen MR) is 144 cm³/mol. The predicted octanol–water partition coefficient (Wildman–Crippen LogP) is 5.60. The summed E-state index contributed by atoms with van der Waals surface area (Å²) in [5.41, 5.74) is 4.69. The fraction of sp³-hybridized carbons (Fsp3) is 0.250. The van der Waals surface area contributed by atoms with Gasteiger partial charge in [0.05, 0.1) is 10.1 Å². The quantitative estimate of drug-likeness (QED) is 0.253. The average molecular weight is 505 g/mol. The minimum absolute atomic E-state index is 0.107. The molecule has 0 bridgehead atoms. The van der Waals surface area contributed by atoms with Gasteiger partial charge in [0.2, 0.25) is 5.52 Å². The second-order valence-electron chi connectivity index (χ2n) is 9.45. The van der Waals surface area contributed by atoms with Crippen molar-refractivity contribution in [2.75, 3.05) is 17.7 Å². The van der Waals surface area contributed by atoms with Gasteiger partial charge in [-0.3, -0.25) is 0 Å². The summed E-state index contributed by atoms with van der Waals surface area (Å²) >= 11 is 1.69. The van der Waals surface area contributed by atoms with Gasteiger partial charge in [0.25, 0.3) is 5.01 Å². The number of benzene rings is 3. The summed E-state index contributed by atoms with van der Waals surface area (Å²) in [7, 11) is -2.14. The minimum atomic E-state index is -4.24. The Morgan fingerprint density at radius 2 is 1.80 bits per heavy atom. The Bertz CT molecular complexity index is 1600. The van der Waals surface area contributed by atoms with Gasteiger partial charge in [0, 0.05) is 53.5 Å². The van der Waals surface area contributed by atoms with Crippen molar-refractivity contribution in [1.82, 2.24) is 0 Å². The molecule has 0 saturated carbocycles. The summed E-state index contributed by atoms with van der Waals surface area (Å²) in [4.78, 5) is 2.24. The number of aromatic nitrogens is 1. The Hall–Kier alpha value is -3.00. The molecule has 0 spiro atoms. The van der Waals surface area contributed by atoms with Gasteiger partial charge in [-0.2, -0.15) is 4.57 Å². The van der Waals surface area contributed by atoms with Gasteiger partial charge in [0.15, 0.2) is 6.54 Å². The van der Waals surface area contributed by atoms with Gasteiger partial charge in [-0.1, -0.05) is 73.7 Å². The Kier molecular flexibility index (Phi) is 6.03. The maximum atomic E-state index is 11.2. The average Bonchev–Trinajstić information content (AvgIpc) is 3.27. The van der Waals surface area contributed by atoms with Crippen LogP contribution in [0.15, 0.2) is 78.5 Å². The molecule has 0 amide bonds. The Morgan fingerprint density at radius 1 is 1.06 bits per heavy atom. The van der Waals surface area contributed by atoms with Crippen LogP contribution in [0.1, 0.15) is 30.8 Å². The molecule has 4 aromatic rings. The van der Waals surface area contributed by atoms with Crippen LogP contribution in [0.5, 0.6) is 0 Å². The number of para-hydroxylation sites is 1. The first-order valence-electron chi connectivity index (χ1n) is 11.7. The molecule has 1 aliphatic rings. The number of anilines is 1. The zero-order valence-corrected chi connectivity index (χ0v) is 21.7. The summed E-state index contributed by atoms with van der Waals surface area (Å²) in [6, 6.07) is 20.9. The van der Waals surface area contributed by atoms with Crippen molar-refractivity contribution in [2.24, 2.45) is 0 Å². The summed E-state index contributed by atoms with van der Waals surface area (Å²) in [6.07, 6.45) is 6.61. The monoisotopic (exact) mass is 504 g/mol. The third-order valence-corrected chi connectivity index (χ3v) is 8.82. The highest BCUT2D eigenvalue weighted by Gasteiger charge is 2.37. The van der Waals surface area contributed by atoms with Gasteiger partial charge in [0.1, 0.15) is 4.70 Å². The van der Waals surface area contributed by atoms with Crippen LogP contribution in [0.25, 0.3) is 27.1 Å². The lowest BCUT2D eigenvalue weighted by molar-refractivity contribution is -0.668. The highest BCUT2D eigenvalue weighted by Crippen LogP contribution is 2.46. The normalized spacial score (nSPS) is 16.7. The van der Waals surface area contributed by atoms with E-state index in [2.05, 4.69) is 97.1 Å². The highest BCUT2D eigenvalue weighted by molar-refractivity contribution is 7.85. The molecule has 180 valence electrons.